The zero-order chi connectivity index (χ0) is 18.2. The summed E-state index contributed by atoms with van der Waals surface area (Å²) in [5.74, 6) is 0.284. The number of benzene rings is 1. The van der Waals surface area contributed by atoms with E-state index in [2.05, 4.69) is 25.5 Å². The van der Waals surface area contributed by atoms with Gasteiger partial charge in [0.1, 0.15) is 17.8 Å². The van der Waals surface area contributed by atoms with Gasteiger partial charge in [-0.15, -0.1) is 0 Å². The number of aromatic nitrogens is 2. The molecule has 0 radical (unpaired) electrons. The smallest absolute Gasteiger partial charge is 0.274 e. The minimum absolute atomic E-state index is 0.276. The van der Waals surface area contributed by atoms with E-state index in [4.69, 9.17) is 10.00 Å². The number of nitrogens with one attached hydrogen (secondary N) is 2. The standard InChI is InChI=1S/C18H20N6O2/c19-12-14-1-3-15(4-2-14)23-18(25)16-11-17(22-13-21-16)20-5-6-24-7-9-26-10-8-24/h1-4,11,13H,5-10H2,(H,23,25)(H,20,21,22). The zero-order valence-electron chi connectivity index (χ0n) is 14.3. The summed E-state index contributed by atoms with van der Waals surface area (Å²) >= 11 is 0. The maximum Gasteiger partial charge on any atom is 0.274 e. The third-order valence-electron chi connectivity index (χ3n) is 4.01. The largest absolute Gasteiger partial charge is 0.379 e. The topological polar surface area (TPSA) is 103 Å². The first-order chi connectivity index (χ1) is 12.7. The molecule has 0 spiro atoms. The lowest BCUT2D eigenvalue weighted by Crippen LogP contribution is -2.39. The lowest BCUT2D eigenvalue weighted by molar-refractivity contribution is 0.0398. The van der Waals surface area contributed by atoms with Crippen LogP contribution in [0.1, 0.15) is 16.1 Å². The van der Waals surface area contributed by atoms with Gasteiger partial charge in [-0.1, -0.05) is 0 Å². The highest BCUT2D eigenvalue weighted by Crippen LogP contribution is 2.11. The van der Waals surface area contributed by atoms with Crippen LogP contribution >= 0.6 is 0 Å². The van der Waals surface area contributed by atoms with Crippen LogP contribution in [-0.2, 0) is 4.74 Å². The molecule has 1 aromatic carbocycles. The predicted octanol–water partition coefficient (Wildman–Crippen LogP) is 1.34. The Kier molecular flexibility index (Phi) is 6.09. The lowest BCUT2D eigenvalue weighted by atomic mass is 10.2. The molecule has 1 aliphatic heterocycles. The highest BCUT2D eigenvalue weighted by atomic mass is 16.5. The van der Waals surface area contributed by atoms with Gasteiger partial charge in [0.05, 0.1) is 24.8 Å². The third-order valence-corrected chi connectivity index (χ3v) is 4.01. The molecule has 1 aliphatic rings. The van der Waals surface area contributed by atoms with E-state index < -0.39 is 0 Å². The number of anilines is 2. The van der Waals surface area contributed by atoms with Crippen LogP contribution in [0.15, 0.2) is 36.7 Å². The summed E-state index contributed by atoms with van der Waals surface area (Å²) in [6.07, 6.45) is 1.37. The molecule has 26 heavy (non-hydrogen) atoms. The van der Waals surface area contributed by atoms with Gasteiger partial charge >= 0.3 is 0 Å². The van der Waals surface area contributed by atoms with Crippen LogP contribution in [0, 0.1) is 11.3 Å². The third kappa shape index (κ3) is 4.99. The fourth-order valence-corrected chi connectivity index (χ4v) is 2.57. The van der Waals surface area contributed by atoms with Gasteiger partial charge in [-0.3, -0.25) is 9.69 Å². The minimum Gasteiger partial charge on any atom is -0.379 e. The molecular formula is C18H20N6O2. The first-order valence-electron chi connectivity index (χ1n) is 8.42. The van der Waals surface area contributed by atoms with Crippen LogP contribution in [0.3, 0.4) is 0 Å². The van der Waals surface area contributed by atoms with Crippen LogP contribution in [0.5, 0.6) is 0 Å². The molecule has 8 nitrogen and oxygen atoms in total. The maximum atomic E-state index is 12.3. The molecule has 134 valence electrons. The summed E-state index contributed by atoms with van der Waals surface area (Å²) in [5.41, 5.74) is 1.42. The number of amides is 1. The molecule has 0 aliphatic carbocycles. The van der Waals surface area contributed by atoms with Gasteiger partial charge in [-0.2, -0.15) is 5.26 Å². The zero-order valence-corrected chi connectivity index (χ0v) is 14.3. The van der Waals surface area contributed by atoms with E-state index in [-0.39, 0.29) is 11.6 Å². The van der Waals surface area contributed by atoms with Crippen LogP contribution in [0.4, 0.5) is 11.5 Å². The van der Waals surface area contributed by atoms with Crippen molar-refractivity contribution in [3.05, 3.63) is 47.9 Å². The van der Waals surface area contributed by atoms with E-state index >= 15 is 0 Å². The molecule has 1 fully saturated rings. The van der Waals surface area contributed by atoms with Gasteiger partial charge in [0.25, 0.3) is 5.91 Å². The number of rotatable bonds is 6. The number of morpholine rings is 1. The molecule has 2 heterocycles. The van der Waals surface area contributed by atoms with E-state index in [1.165, 1.54) is 6.33 Å². The van der Waals surface area contributed by atoms with Crippen molar-refractivity contribution in [2.24, 2.45) is 0 Å². The number of carbonyl (C=O) groups is 1. The first kappa shape index (κ1) is 17.8. The fraction of sp³-hybridized carbons (Fsp3) is 0.333. The number of nitriles is 1. The van der Waals surface area contributed by atoms with Gasteiger partial charge < -0.3 is 15.4 Å². The predicted molar refractivity (Wildman–Crippen MR) is 96.9 cm³/mol. The van der Waals surface area contributed by atoms with Crippen molar-refractivity contribution in [3.8, 4) is 6.07 Å². The Labute approximate surface area is 151 Å². The summed E-state index contributed by atoms with van der Waals surface area (Å²) in [4.78, 5) is 22.8. The van der Waals surface area contributed by atoms with E-state index in [9.17, 15) is 4.79 Å². The Hall–Kier alpha value is -3.02. The lowest BCUT2D eigenvalue weighted by Gasteiger charge is -2.26. The van der Waals surface area contributed by atoms with Crippen molar-refractivity contribution >= 4 is 17.4 Å². The summed E-state index contributed by atoms with van der Waals surface area (Å²) in [7, 11) is 0. The van der Waals surface area contributed by atoms with E-state index in [0.717, 1.165) is 39.4 Å². The van der Waals surface area contributed by atoms with Crippen molar-refractivity contribution in [2.45, 2.75) is 0 Å². The molecular weight excluding hydrogens is 332 g/mol. The Morgan fingerprint density at radius 1 is 1.23 bits per heavy atom. The molecule has 2 aromatic rings. The number of hydrogen-bond donors (Lipinski definition) is 2. The normalized spacial score (nSPS) is 14.4. The maximum absolute atomic E-state index is 12.3. The van der Waals surface area contributed by atoms with Gasteiger partial charge in [0.15, 0.2) is 0 Å². The van der Waals surface area contributed by atoms with Gasteiger partial charge in [-0.25, -0.2) is 9.97 Å². The van der Waals surface area contributed by atoms with Crippen molar-refractivity contribution in [3.63, 3.8) is 0 Å². The highest BCUT2D eigenvalue weighted by molar-refractivity contribution is 6.03. The molecule has 0 atom stereocenters. The minimum atomic E-state index is -0.326. The SMILES string of the molecule is N#Cc1ccc(NC(=O)c2cc(NCCN3CCOCC3)ncn2)cc1. The van der Waals surface area contributed by atoms with E-state index in [1.807, 2.05) is 6.07 Å². The molecule has 1 aromatic heterocycles. The van der Waals surface area contributed by atoms with Crippen LogP contribution in [0.25, 0.3) is 0 Å². The molecule has 0 unspecified atom stereocenters. The number of hydrogen-bond acceptors (Lipinski definition) is 7. The van der Waals surface area contributed by atoms with Crippen LogP contribution < -0.4 is 10.6 Å². The second-order valence-corrected chi connectivity index (χ2v) is 5.81. The number of ether oxygens (including phenoxy) is 1. The second kappa shape index (κ2) is 8.89. The summed E-state index contributed by atoms with van der Waals surface area (Å²) in [5, 5.41) is 14.8. The monoisotopic (exact) mass is 352 g/mol. The average molecular weight is 352 g/mol. The molecule has 8 heteroatoms. The fourth-order valence-electron chi connectivity index (χ4n) is 2.57. The van der Waals surface area contributed by atoms with Gasteiger partial charge in [0.2, 0.25) is 0 Å². The van der Waals surface area contributed by atoms with Crippen molar-refractivity contribution in [2.75, 3.05) is 50.0 Å². The molecule has 2 N–H and O–H groups in total. The molecule has 0 bridgehead atoms. The Bertz CT molecular complexity index is 781. The quantitative estimate of drug-likeness (QED) is 0.809. The molecule has 0 saturated carbocycles. The van der Waals surface area contributed by atoms with Crippen LogP contribution in [-0.4, -0.2) is 60.2 Å². The van der Waals surface area contributed by atoms with E-state index in [0.29, 0.717) is 17.1 Å². The average Bonchev–Trinajstić information content (AvgIpc) is 2.69. The molecule has 1 saturated heterocycles. The highest BCUT2D eigenvalue weighted by Gasteiger charge is 2.11. The summed E-state index contributed by atoms with van der Waals surface area (Å²) in [6, 6.07) is 10.3. The Morgan fingerprint density at radius 3 is 2.73 bits per heavy atom. The second-order valence-electron chi connectivity index (χ2n) is 5.81. The van der Waals surface area contributed by atoms with Crippen LogP contribution in [0.2, 0.25) is 0 Å². The van der Waals surface area contributed by atoms with Crippen molar-refractivity contribution < 1.29 is 9.53 Å². The Morgan fingerprint density at radius 2 is 2.00 bits per heavy atom. The van der Waals surface area contributed by atoms with Gasteiger partial charge in [-0.05, 0) is 24.3 Å². The van der Waals surface area contributed by atoms with Gasteiger partial charge in [0, 0.05) is 37.9 Å². The van der Waals surface area contributed by atoms with Crippen molar-refractivity contribution in [1.82, 2.24) is 14.9 Å². The van der Waals surface area contributed by atoms with E-state index in [1.54, 1.807) is 30.3 Å². The summed E-state index contributed by atoms with van der Waals surface area (Å²) < 4.78 is 5.33. The number of nitrogens with zero attached hydrogens (tertiary/aromatic N) is 4. The Balaban J connectivity index is 1.53. The van der Waals surface area contributed by atoms with Crippen molar-refractivity contribution in [1.29, 1.82) is 5.26 Å². The molecule has 3 rings (SSSR count). The molecule has 1 amide bonds. The first-order valence-corrected chi connectivity index (χ1v) is 8.42. The summed E-state index contributed by atoms with van der Waals surface area (Å²) in [6.45, 7) is 5.03. The number of carbonyl (C=O) groups excluding carboxylic acids is 1.